The van der Waals surface area contributed by atoms with E-state index in [0.717, 1.165) is 18.7 Å². The van der Waals surface area contributed by atoms with Crippen molar-refractivity contribution in [3.05, 3.63) is 105 Å². The number of amides is 1. The Balaban J connectivity index is 1.34. The van der Waals surface area contributed by atoms with Crippen molar-refractivity contribution in [2.45, 2.75) is 31.5 Å². The van der Waals surface area contributed by atoms with Crippen molar-refractivity contribution in [3.63, 3.8) is 0 Å². The number of carbonyl (C=O) groups is 1. The van der Waals surface area contributed by atoms with Gasteiger partial charge in [-0.05, 0) is 58.7 Å². The minimum Gasteiger partial charge on any atom is -0.340 e. The Bertz CT molecular complexity index is 1240. The SMILES string of the molecule is CN(Cc1cc(F)cc(Cl)c1)C(=O)C1(N2CCN(Cc3cc(F)cc(Cl)c3)CC2)Cc2ccccc2C1. The van der Waals surface area contributed by atoms with Crippen LogP contribution >= 0.6 is 23.2 Å². The average molecular weight is 544 g/mol. The zero-order chi connectivity index (χ0) is 26.2. The molecule has 3 aromatic rings. The molecule has 1 aliphatic heterocycles. The lowest BCUT2D eigenvalue weighted by Crippen LogP contribution is -2.64. The molecule has 4 nitrogen and oxygen atoms in total. The fourth-order valence-corrected chi connectivity index (χ4v) is 6.29. The lowest BCUT2D eigenvalue weighted by atomic mass is 9.90. The van der Waals surface area contributed by atoms with Crippen LogP contribution in [0, 0.1) is 11.6 Å². The molecule has 5 rings (SSSR count). The number of carbonyl (C=O) groups excluding carboxylic acids is 1. The molecule has 8 heteroatoms. The lowest BCUT2D eigenvalue weighted by molar-refractivity contribution is -0.145. The molecule has 1 heterocycles. The summed E-state index contributed by atoms with van der Waals surface area (Å²) in [5.41, 5.74) is 3.17. The van der Waals surface area contributed by atoms with E-state index >= 15 is 0 Å². The molecule has 1 saturated heterocycles. The first-order valence-corrected chi connectivity index (χ1v) is 13.2. The molecule has 194 valence electrons. The van der Waals surface area contributed by atoms with Crippen molar-refractivity contribution in [2.75, 3.05) is 33.2 Å². The number of halogens is 4. The number of fused-ring (bicyclic) bond motifs is 1. The maximum absolute atomic E-state index is 14.1. The molecule has 1 fully saturated rings. The quantitative estimate of drug-likeness (QED) is 0.405. The first kappa shape index (κ1) is 26.1. The van der Waals surface area contributed by atoms with Crippen LogP contribution in [-0.2, 0) is 30.7 Å². The number of hydrogen-bond donors (Lipinski definition) is 0. The van der Waals surface area contributed by atoms with E-state index in [0.29, 0.717) is 48.1 Å². The number of nitrogens with zero attached hydrogens (tertiary/aromatic N) is 3. The van der Waals surface area contributed by atoms with Crippen LogP contribution in [0.15, 0.2) is 60.7 Å². The molecule has 0 radical (unpaired) electrons. The average Bonchev–Trinajstić information content (AvgIpc) is 3.23. The highest BCUT2D eigenvalue weighted by atomic mass is 35.5. The van der Waals surface area contributed by atoms with Gasteiger partial charge in [0.05, 0.1) is 0 Å². The highest BCUT2D eigenvalue weighted by Gasteiger charge is 2.50. The summed E-state index contributed by atoms with van der Waals surface area (Å²) in [5.74, 6) is -0.728. The van der Waals surface area contributed by atoms with Crippen LogP contribution < -0.4 is 0 Å². The molecular formula is C29H29Cl2F2N3O. The standard InChI is InChI=1S/C29H29Cl2F2N3O/c1-34(18-20-10-24(30)14-26(32)12-20)28(37)29(16-22-4-2-3-5-23(22)17-29)36-8-6-35(7-9-36)19-21-11-25(31)15-27(33)13-21/h2-5,10-15H,6-9,16-19H2,1H3. The van der Waals surface area contributed by atoms with Gasteiger partial charge in [-0.1, -0.05) is 47.5 Å². The Kier molecular flexibility index (Phi) is 7.55. The van der Waals surface area contributed by atoms with Crippen LogP contribution in [0.3, 0.4) is 0 Å². The smallest absolute Gasteiger partial charge is 0.243 e. The van der Waals surface area contributed by atoms with Gasteiger partial charge >= 0.3 is 0 Å². The Morgan fingerprint density at radius 1 is 0.865 bits per heavy atom. The van der Waals surface area contributed by atoms with E-state index in [1.807, 2.05) is 12.1 Å². The van der Waals surface area contributed by atoms with Crippen LogP contribution in [-0.4, -0.2) is 59.4 Å². The summed E-state index contributed by atoms with van der Waals surface area (Å²) in [6.07, 6.45) is 1.27. The molecule has 3 aromatic carbocycles. The second kappa shape index (κ2) is 10.7. The summed E-state index contributed by atoms with van der Waals surface area (Å²) >= 11 is 12.1. The summed E-state index contributed by atoms with van der Waals surface area (Å²) in [7, 11) is 1.77. The van der Waals surface area contributed by atoms with Gasteiger partial charge in [-0.2, -0.15) is 0 Å². The Labute approximate surface area is 226 Å². The predicted molar refractivity (Wildman–Crippen MR) is 143 cm³/mol. The van der Waals surface area contributed by atoms with E-state index in [-0.39, 0.29) is 18.3 Å². The minimum atomic E-state index is -0.705. The first-order chi connectivity index (χ1) is 17.7. The van der Waals surface area contributed by atoms with Crippen LogP contribution in [0.5, 0.6) is 0 Å². The summed E-state index contributed by atoms with van der Waals surface area (Å²) < 4.78 is 27.7. The van der Waals surface area contributed by atoms with Crippen molar-refractivity contribution < 1.29 is 13.6 Å². The van der Waals surface area contributed by atoms with Gasteiger partial charge in [0.15, 0.2) is 0 Å². The summed E-state index contributed by atoms with van der Waals surface area (Å²) in [4.78, 5) is 20.4. The van der Waals surface area contributed by atoms with Crippen LogP contribution in [0.4, 0.5) is 8.78 Å². The normalized spacial score (nSPS) is 17.5. The number of likely N-dealkylation sites (N-methyl/N-ethyl adjacent to an activating group) is 1. The molecule has 1 amide bonds. The molecule has 0 spiro atoms. The molecule has 37 heavy (non-hydrogen) atoms. The maximum Gasteiger partial charge on any atom is 0.243 e. The molecule has 0 aromatic heterocycles. The zero-order valence-corrected chi connectivity index (χ0v) is 22.2. The monoisotopic (exact) mass is 543 g/mol. The third-order valence-corrected chi connectivity index (χ3v) is 7.91. The van der Waals surface area contributed by atoms with E-state index in [2.05, 4.69) is 21.9 Å². The summed E-state index contributed by atoms with van der Waals surface area (Å²) in [6, 6.07) is 17.2. The predicted octanol–water partition coefficient (Wildman–Crippen LogP) is 5.59. The lowest BCUT2D eigenvalue weighted by Gasteiger charge is -2.46. The maximum atomic E-state index is 14.1. The van der Waals surface area contributed by atoms with E-state index in [9.17, 15) is 13.6 Å². The van der Waals surface area contributed by atoms with E-state index < -0.39 is 11.4 Å². The van der Waals surface area contributed by atoms with Gasteiger partial charge in [-0.15, -0.1) is 0 Å². The van der Waals surface area contributed by atoms with Crippen LogP contribution in [0.25, 0.3) is 0 Å². The third kappa shape index (κ3) is 5.68. The summed E-state index contributed by atoms with van der Waals surface area (Å²) in [6.45, 7) is 3.80. The fourth-order valence-electron chi connectivity index (χ4n) is 5.80. The van der Waals surface area contributed by atoms with Crippen molar-refractivity contribution in [3.8, 4) is 0 Å². The van der Waals surface area contributed by atoms with Crippen molar-refractivity contribution >= 4 is 29.1 Å². The Hall–Kier alpha value is -2.51. The number of piperazine rings is 1. The van der Waals surface area contributed by atoms with Crippen molar-refractivity contribution in [1.29, 1.82) is 0 Å². The van der Waals surface area contributed by atoms with Gasteiger partial charge in [0.25, 0.3) is 0 Å². The van der Waals surface area contributed by atoms with E-state index in [1.165, 1.54) is 35.4 Å². The molecule has 0 unspecified atom stereocenters. The second-order valence-electron chi connectivity index (χ2n) is 10.1. The van der Waals surface area contributed by atoms with Gasteiger partial charge < -0.3 is 4.90 Å². The third-order valence-electron chi connectivity index (χ3n) is 7.48. The molecule has 2 aliphatic rings. The molecule has 0 N–H and O–H groups in total. The van der Waals surface area contributed by atoms with Gasteiger partial charge in [0.2, 0.25) is 5.91 Å². The molecular weight excluding hydrogens is 515 g/mol. The van der Waals surface area contributed by atoms with Gasteiger partial charge in [0, 0.05) is 69.2 Å². The fraction of sp³-hybridized carbons (Fsp3) is 0.345. The molecule has 0 atom stereocenters. The largest absolute Gasteiger partial charge is 0.340 e. The molecule has 0 bridgehead atoms. The Morgan fingerprint density at radius 3 is 1.97 bits per heavy atom. The minimum absolute atomic E-state index is 0.0226. The number of benzene rings is 3. The molecule has 1 aliphatic carbocycles. The van der Waals surface area contributed by atoms with E-state index in [1.54, 1.807) is 24.1 Å². The number of hydrogen-bond acceptors (Lipinski definition) is 3. The second-order valence-corrected chi connectivity index (χ2v) is 11.0. The number of rotatable bonds is 6. The van der Waals surface area contributed by atoms with Crippen molar-refractivity contribution in [2.24, 2.45) is 0 Å². The first-order valence-electron chi connectivity index (χ1n) is 12.4. The van der Waals surface area contributed by atoms with Gasteiger partial charge in [-0.3, -0.25) is 14.6 Å². The molecule has 0 saturated carbocycles. The summed E-state index contributed by atoms with van der Waals surface area (Å²) in [5, 5.41) is 0.707. The highest BCUT2D eigenvalue weighted by molar-refractivity contribution is 6.30. The topological polar surface area (TPSA) is 26.8 Å². The van der Waals surface area contributed by atoms with Crippen LogP contribution in [0.2, 0.25) is 10.0 Å². The van der Waals surface area contributed by atoms with Crippen molar-refractivity contribution in [1.82, 2.24) is 14.7 Å². The zero-order valence-electron chi connectivity index (χ0n) is 20.7. The van der Waals surface area contributed by atoms with Gasteiger partial charge in [0.1, 0.15) is 17.2 Å². The van der Waals surface area contributed by atoms with Gasteiger partial charge in [-0.25, -0.2) is 8.78 Å². The Morgan fingerprint density at radius 2 is 1.41 bits per heavy atom. The van der Waals surface area contributed by atoms with E-state index in [4.69, 9.17) is 23.2 Å². The van der Waals surface area contributed by atoms with Crippen LogP contribution in [0.1, 0.15) is 22.3 Å². The highest BCUT2D eigenvalue weighted by Crippen LogP contribution is 2.37.